The summed E-state index contributed by atoms with van der Waals surface area (Å²) in [4.78, 5) is 24.7. The van der Waals surface area contributed by atoms with E-state index in [-0.39, 0.29) is 34.7 Å². The van der Waals surface area contributed by atoms with E-state index in [9.17, 15) is 17.6 Å². The summed E-state index contributed by atoms with van der Waals surface area (Å²) in [5.41, 5.74) is -0.555. The minimum absolute atomic E-state index is 0.0739. The number of likely N-dealkylation sites (tertiary alicyclic amines) is 1. The van der Waals surface area contributed by atoms with Crippen LogP contribution in [0.2, 0.25) is 0 Å². The molecule has 11 heteroatoms. The molecule has 2 aromatic rings. The average molecular weight is 479 g/mol. The van der Waals surface area contributed by atoms with Gasteiger partial charge in [0.15, 0.2) is 21.4 Å². The van der Waals surface area contributed by atoms with Crippen molar-refractivity contribution in [2.45, 2.75) is 56.2 Å². The first-order valence-electron chi connectivity index (χ1n) is 10.7. The van der Waals surface area contributed by atoms with Gasteiger partial charge in [0.05, 0.1) is 4.90 Å². The van der Waals surface area contributed by atoms with E-state index in [1.54, 1.807) is 11.0 Å². The van der Waals surface area contributed by atoms with Crippen LogP contribution >= 0.6 is 0 Å². The van der Waals surface area contributed by atoms with Gasteiger partial charge < -0.3 is 19.3 Å². The van der Waals surface area contributed by atoms with Crippen LogP contribution in [0.5, 0.6) is 11.6 Å². The van der Waals surface area contributed by atoms with Gasteiger partial charge in [-0.2, -0.15) is 0 Å². The Morgan fingerprint density at radius 2 is 1.79 bits per heavy atom. The van der Waals surface area contributed by atoms with Crippen molar-refractivity contribution >= 4 is 21.7 Å². The Bertz CT molecular complexity index is 1150. The predicted molar refractivity (Wildman–Crippen MR) is 119 cm³/mol. The van der Waals surface area contributed by atoms with Crippen LogP contribution in [-0.4, -0.2) is 66.4 Å². The highest BCUT2D eigenvalue weighted by molar-refractivity contribution is 7.90. The Morgan fingerprint density at radius 3 is 2.36 bits per heavy atom. The number of fused-ring (bicyclic) bond motifs is 2. The SMILES string of the molecule is CC(C)(C)OC(=O)N1CC2CCC(C1)N2c1cc(Oc2ccc(S(C)(=O)=O)cc2F)ncn1. The van der Waals surface area contributed by atoms with E-state index in [1.165, 1.54) is 18.5 Å². The Morgan fingerprint density at radius 1 is 1.12 bits per heavy atom. The number of carbonyl (C=O) groups excluding carboxylic acids is 1. The monoisotopic (exact) mass is 478 g/mol. The van der Waals surface area contributed by atoms with Crippen LogP contribution in [0, 0.1) is 5.82 Å². The molecular formula is C22H27FN4O5S. The van der Waals surface area contributed by atoms with Crippen molar-refractivity contribution in [2.24, 2.45) is 0 Å². The molecule has 2 atom stereocenters. The Labute approximate surface area is 192 Å². The molecule has 4 rings (SSSR count). The summed E-state index contributed by atoms with van der Waals surface area (Å²) < 4.78 is 48.7. The highest BCUT2D eigenvalue weighted by Crippen LogP contribution is 2.36. The molecule has 0 saturated carbocycles. The molecule has 1 aromatic carbocycles. The van der Waals surface area contributed by atoms with Crippen molar-refractivity contribution in [1.29, 1.82) is 0 Å². The van der Waals surface area contributed by atoms with Crippen molar-refractivity contribution < 1.29 is 27.1 Å². The number of aromatic nitrogens is 2. The third kappa shape index (κ3) is 5.18. The highest BCUT2D eigenvalue weighted by atomic mass is 32.2. The van der Waals surface area contributed by atoms with Gasteiger partial charge in [-0.15, -0.1) is 0 Å². The molecule has 33 heavy (non-hydrogen) atoms. The number of hydrogen-bond acceptors (Lipinski definition) is 8. The molecule has 2 aliphatic rings. The fourth-order valence-corrected chi connectivity index (χ4v) is 4.82. The first kappa shape index (κ1) is 23.2. The van der Waals surface area contributed by atoms with E-state index in [1.807, 2.05) is 20.8 Å². The smallest absolute Gasteiger partial charge is 0.410 e. The molecular weight excluding hydrogens is 451 g/mol. The molecule has 1 amide bonds. The summed E-state index contributed by atoms with van der Waals surface area (Å²) >= 11 is 0. The summed E-state index contributed by atoms with van der Waals surface area (Å²) in [6, 6.07) is 5.24. The molecule has 0 spiro atoms. The van der Waals surface area contributed by atoms with Crippen LogP contribution in [0.3, 0.4) is 0 Å². The molecule has 3 heterocycles. The van der Waals surface area contributed by atoms with Gasteiger partial charge >= 0.3 is 6.09 Å². The summed E-state index contributed by atoms with van der Waals surface area (Å²) in [5, 5.41) is 0. The quantitative estimate of drug-likeness (QED) is 0.659. The molecule has 2 aliphatic heterocycles. The van der Waals surface area contributed by atoms with Crippen LogP contribution in [0.4, 0.5) is 15.0 Å². The number of carbonyl (C=O) groups is 1. The van der Waals surface area contributed by atoms with Gasteiger partial charge in [0, 0.05) is 37.5 Å². The molecule has 2 fully saturated rings. The van der Waals surface area contributed by atoms with Crippen molar-refractivity contribution in [3.8, 4) is 11.6 Å². The van der Waals surface area contributed by atoms with Crippen LogP contribution < -0.4 is 9.64 Å². The zero-order chi connectivity index (χ0) is 24.0. The fraction of sp³-hybridized carbons (Fsp3) is 0.500. The van der Waals surface area contributed by atoms with Crippen molar-refractivity contribution in [1.82, 2.24) is 14.9 Å². The van der Waals surface area contributed by atoms with Crippen LogP contribution in [0.25, 0.3) is 0 Å². The zero-order valence-electron chi connectivity index (χ0n) is 19.0. The van der Waals surface area contributed by atoms with Crippen molar-refractivity contribution in [3.05, 3.63) is 36.4 Å². The number of hydrogen-bond donors (Lipinski definition) is 0. The molecule has 0 N–H and O–H groups in total. The second-order valence-electron chi connectivity index (χ2n) is 9.36. The Balaban J connectivity index is 1.50. The van der Waals surface area contributed by atoms with Crippen molar-refractivity contribution in [3.63, 3.8) is 0 Å². The number of halogens is 1. The minimum Gasteiger partial charge on any atom is -0.444 e. The predicted octanol–water partition coefficient (Wildman–Crippen LogP) is 3.40. The maximum Gasteiger partial charge on any atom is 0.410 e. The third-order valence-electron chi connectivity index (χ3n) is 5.57. The molecule has 178 valence electrons. The number of ether oxygens (including phenoxy) is 2. The molecule has 1 aromatic heterocycles. The number of piperazine rings is 1. The summed E-state index contributed by atoms with van der Waals surface area (Å²) in [6.07, 6.45) is 3.85. The lowest BCUT2D eigenvalue weighted by Gasteiger charge is -2.41. The van der Waals surface area contributed by atoms with E-state index in [0.717, 1.165) is 25.2 Å². The molecule has 2 saturated heterocycles. The number of benzene rings is 1. The molecule has 2 unspecified atom stereocenters. The van der Waals surface area contributed by atoms with Crippen molar-refractivity contribution in [2.75, 3.05) is 24.2 Å². The molecule has 0 radical (unpaired) electrons. The lowest BCUT2D eigenvalue weighted by atomic mass is 10.2. The minimum atomic E-state index is -3.53. The summed E-state index contributed by atoms with van der Waals surface area (Å²) in [5.74, 6) is -0.168. The number of amides is 1. The zero-order valence-corrected chi connectivity index (χ0v) is 19.8. The number of sulfone groups is 1. The second kappa shape index (κ2) is 8.44. The lowest BCUT2D eigenvalue weighted by Crippen LogP contribution is -2.56. The summed E-state index contributed by atoms with van der Waals surface area (Å²) in [6.45, 7) is 6.57. The maximum absolute atomic E-state index is 14.4. The van der Waals surface area contributed by atoms with Crippen LogP contribution in [0.15, 0.2) is 35.5 Å². The second-order valence-corrected chi connectivity index (χ2v) is 11.4. The van der Waals surface area contributed by atoms with E-state index in [0.29, 0.717) is 18.9 Å². The van der Waals surface area contributed by atoms with Gasteiger partial charge in [-0.3, -0.25) is 0 Å². The van der Waals surface area contributed by atoms with E-state index < -0.39 is 21.3 Å². The Kier molecular flexibility index (Phi) is 5.94. The number of rotatable bonds is 4. The van der Waals surface area contributed by atoms with Gasteiger partial charge in [0.25, 0.3) is 0 Å². The number of nitrogens with zero attached hydrogens (tertiary/aromatic N) is 4. The highest BCUT2D eigenvalue weighted by Gasteiger charge is 2.43. The topological polar surface area (TPSA) is 102 Å². The first-order chi connectivity index (χ1) is 15.4. The van der Waals surface area contributed by atoms with Gasteiger partial charge in [-0.1, -0.05) is 0 Å². The van der Waals surface area contributed by atoms with Gasteiger partial charge in [0.2, 0.25) is 5.88 Å². The van der Waals surface area contributed by atoms with E-state index in [2.05, 4.69) is 14.9 Å². The van der Waals surface area contributed by atoms with E-state index >= 15 is 0 Å². The van der Waals surface area contributed by atoms with Gasteiger partial charge in [0.1, 0.15) is 17.7 Å². The third-order valence-corrected chi connectivity index (χ3v) is 6.68. The lowest BCUT2D eigenvalue weighted by molar-refractivity contribution is 0.0209. The molecule has 0 aliphatic carbocycles. The van der Waals surface area contributed by atoms with E-state index in [4.69, 9.17) is 9.47 Å². The van der Waals surface area contributed by atoms with Gasteiger partial charge in [-0.05, 0) is 51.8 Å². The van der Waals surface area contributed by atoms with Gasteiger partial charge in [-0.25, -0.2) is 27.6 Å². The largest absolute Gasteiger partial charge is 0.444 e. The maximum atomic E-state index is 14.4. The average Bonchev–Trinajstić information content (AvgIpc) is 2.97. The first-order valence-corrected chi connectivity index (χ1v) is 12.6. The normalized spacial score (nSPS) is 20.6. The van der Waals surface area contributed by atoms with Crippen LogP contribution in [0.1, 0.15) is 33.6 Å². The molecule has 9 nitrogen and oxygen atoms in total. The number of anilines is 1. The fourth-order valence-electron chi connectivity index (χ4n) is 4.19. The standard InChI is InChI=1S/C22H27FN4O5S/c1-22(2,3)32-21(28)26-11-14-5-6-15(12-26)27(14)19-10-20(25-13-24-19)31-18-8-7-16(9-17(18)23)33(4,29)30/h7-10,13-15H,5-6,11-12H2,1-4H3. The Hall–Kier alpha value is -2.95. The summed E-state index contributed by atoms with van der Waals surface area (Å²) in [7, 11) is -3.53. The van der Waals surface area contributed by atoms with Crippen LogP contribution in [-0.2, 0) is 14.6 Å². The molecule has 2 bridgehead atoms.